The third-order valence-electron chi connectivity index (χ3n) is 8.58. The highest BCUT2D eigenvalue weighted by molar-refractivity contribution is 5.79. The van der Waals surface area contributed by atoms with Crippen LogP contribution in [0, 0.1) is 46.8 Å². The molecular formula is C25H42O3. The van der Waals surface area contributed by atoms with Crippen LogP contribution in [0.2, 0.25) is 0 Å². The standard InChI is InChI=1S/C25H42O3/c1-8-25(7,17-9-11-18(26)12-10-17)28-23(27)20-14-16-13-19(20)21(15(2)3)22(16)24(4,5)6/h15-17,19-22H,8-14H2,1-7H3. The SMILES string of the molecule is CCC(C)(OC(=O)C1CC2CC1C(C(C)C)C2C(C)(C)C)C1CCC(=O)CC1. The third kappa shape index (κ3) is 3.92. The number of fused-ring (bicyclic) bond motifs is 2. The second-order valence-corrected chi connectivity index (χ2v) is 11.6. The van der Waals surface area contributed by atoms with Gasteiger partial charge in [0.25, 0.3) is 0 Å². The number of rotatable bonds is 5. The van der Waals surface area contributed by atoms with E-state index in [-0.39, 0.29) is 11.9 Å². The van der Waals surface area contributed by atoms with Crippen molar-refractivity contribution in [1.29, 1.82) is 0 Å². The van der Waals surface area contributed by atoms with Crippen LogP contribution in [0.1, 0.15) is 93.4 Å². The molecule has 28 heavy (non-hydrogen) atoms. The van der Waals surface area contributed by atoms with Crippen molar-refractivity contribution >= 4 is 11.8 Å². The summed E-state index contributed by atoms with van der Waals surface area (Å²) in [5.41, 5.74) is -0.119. The molecule has 3 saturated carbocycles. The predicted molar refractivity (Wildman–Crippen MR) is 113 cm³/mol. The minimum atomic E-state index is -0.420. The van der Waals surface area contributed by atoms with Gasteiger partial charge in [0.1, 0.15) is 11.4 Å². The minimum Gasteiger partial charge on any atom is -0.459 e. The molecule has 3 nitrogen and oxygen atoms in total. The summed E-state index contributed by atoms with van der Waals surface area (Å²) >= 11 is 0. The average molecular weight is 391 g/mol. The molecule has 6 unspecified atom stereocenters. The number of esters is 1. The highest BCUT2D eigenvalue weighted by atomic mass is 16.6. The van der Waals surface area contributed by atoms with Crippen LogP contribution >= 0.6 is 0 Å². The molecule has 6 atom stereocenters. The quantitative estimate of drug-likeness (QED) is 0.537. The first-order valence-electron chi connectivity index (χ1n) is 11.7. The number of hydrogen-bond acceptors (Lipinski definition) is 3. The Kier molecular flexibility index (Phi) is 6.05. The van der Waals surface area contributed by atoms with E-state index in [9.17, 15) is 9.59 Å². The zero-order chi connectivity index (χ0) is 20.9. The Balaban J connectivity index is 1.72. The van der Waals surface area contributed by atoms with Gasteiger partial charge in [0.05, 0.1) is 5.92 Å². The molecule has 0 aromatic carbocycles. The smallest absolute Gasteiger partial charge is 0.309 e. The fraction of sp³-hybridized carbons (Fsp3) is 0.920. The van der Waals surface area contributed by atoms with E-state index < -0.39 is 5.60 Å². The van der Waals surface area contributed by atoms with E-state index in [4.69, 9.17) is 4.74 Å². The van der Waals surface area contributed by atoms with Crippen molar-refractivity contribution in [2.24, 2.45) is 46.8 Å². The molecule has 0 saturated heterocycles. The molecule has 0 aromatic heterocycles. The number of ketones is 1. The largest absolute Gasteiger partial charge is 0.459 e. The molecule has 0 aliphatic heterocycles. The maximum Gasteiger partial charge on any atom is 0.309 e. The highest BCUT2D eigenvalue weighted by Gasteiger charge is 2.59. The fourth-order valence-electron chi connectivity index (χ4n) is 7.17. The average Bonchev–Trinajstić information content (AvgIpc) is 3.20. The van der Waals surface area contributed by atoms with Crippen LogP contribution in [0.15, 0.2) is 0 Å². The van der Waals surface area contributed by atoms with Gasteiger partial charge in [-0.2, -0.15) is 0 Å². The van der Waals surface area contributed by atoms with Crippen molar-refractivity contribution in [1.82, 2.24) is 0 Å². The summed E-state index contributed by atoms with van der Waals surface area (Å²) in [5.74, 6) is 3.89. The zero-order valence-corrected chi connectivity index (χ0v) is 19.2. The molecule has 0 aromatic rings. The van der Waals surface area contributed by atoms with E-state index in [1.54, 1.807) is 0 Å². The number of carbonyl (C=O) groups excluding carboxylic acids is 2. The van der Waals surface area contributed by atoms with Gasteiger partial charge in [-0.15, -0.1) is 0 Å². The van der Waals surface area contributed by atoms with Gasteiger partial charge in [-0.1, -0.05) is 41.5 Å². The lowest BCUT2D eigenvalue weighted by atomic mass is 9.61. The lowest BCUT2D eigenvalue weighted by Gasteiger charge is -2.45. The van der Waals surface area contributed by atoms with Gasteiger partial charge in [-0.3, -0.25) is 9.59 Å². The second kappa shape index (κ2) is 7.76. The molecule has 3 aliphatic carbocycles. The third-order valence-corrected chi connectivity index (χ3v) is 8.58. The Morgan fingerprint density at radius 2 is 1.71 bits per heavy atom. The zero-order valence-electron chi connectivity index (χ0n) is 19.2. The molecule has 160 valence electrons. The van der Waals surface area contributed by atoms with E-state index in [1.807, 2.05) is 0 Å². The number of hydrogen-bond donors (Lipinski definition) is 0. The summed E-state index contributed by atoms with van der Waals surface area (Å²) in [6, 6.07) is 0. The van der Waals surface area contributed by atoms with Crippen LogP contribution in [0.3, 0.4) is 0 Å². The molecule has 0 spiro atoms. The molecule has 0 amide bonds. The first-order chi connectivity index (χ1) is 13.0. The summed E-state index contributed by atoms with van der Waals surface area (Å²) < 4.78 is 6.30. The predicted octanol–water partition coefficient (Wildman–Crippen LogP) is 6.05. The van der Waals surface area contributed by atoms with Gasteiger partial charge in [0, 0.05) is 12.8 Å². The lowest BCUT2D eigenvalue weighted by molar-refractivity contribution is -0.175. The second-order valence-electron chi connectivity index (χ2n) is 11.6. The van der Waals surface area contributed by atoms with Gasteiger partial charge >= 0.3 is 5.97 Å². The van der Waals surface area contributed by atoms with Gasteiger partial charge in [0.2, 0.25) is 0 Å². The lowest BCUT2D eigenvalue weighted by Crippen LogP contribution is -2.45. The van der Waals surface area contributed by atoms with E-state index in [0.717, 1.165) is 25.7 Å². The van der Waals surface area contributed by atoms with E-state index >= 15 is 0 Å². The number of ether oxygens (including phenoxy) is 1. The molecule has 0 radical (unpaired) electrons. The van der Waals surface area contributed by atoms with Crippen LogP contribution in [-0.4, -0.2) is 17.4 Å². The Morgan fingerprint density at radius 3 is 2.21 bits per heavy atom. The molecular weight excluding hydrogens is 348 g/mol. The normalized spacial score (nSPS) is 36.0. The van der Waals surface area contributed by atoms with Crippen LogP contribution in [0.25, 0.3) is 0 Å². The monoisotopic (exact) mass is 390 g/mol. The van der Waals surface area contributed by atoms with Crippen molar-refractivity contribution in [3.63, 3.8) is 0 Å². The van der Waals surface area contributed by atoms with Gasteiger partial charge in [-0.25, -0.2) is 0 Å². The molecule has 3 heteroatoms. The van der Waals surface area contributed by atoms with E-state index in [1.165, 1.54) is 6.42 Å². The van der Waals surface area contributed by atoms with E-state index in [0.29, 0.717) is 59.5 Å². The molecule has 3 fully saturated rings. The van der Waals surface area contributed by atoms with Gasteiger partial charge in [0.15, 0.2) is 0 Å². The minimum absolute atomic E-state index is 0.0479. The van der Waals surface area contributed by atoms with Crippen molar-refractivity contribution in [3.05, 3.63) is 0 Å². The first-order valence-corrected chi connectivity index (χ1v) is 11.7. The summed E-state index contributed by atoms with van der Waals surface area (Å²) in [6.45, 7) is 16.0. The Morgan fingerprint density at radius 1 is 1.11 bits per heavy atom. The van der Waals surface area contributed by atoms with Crippen LogP contribution < -0.4 is 0 Å². The Hall–Kier alpha value is -0.860. The van der Waals surface area contributed by atoms with Gasteiger partial charge < -0.3 is 4.74 Å². The maximum atomic E-state index is 13.4. The fourth-order valence-corrected chi connectivity index (χ4v) is 7.17. The Bertz CT molecular complexity index is 591. The summed E-state index contributed by atoms with van der Waals surface area (Å²) in [5, 5.41) is 0. The van der Waals surface area contributed by atoms with Crippen molar-refractivity contribution in [2.45, 2.75) is 99.0 Å². The first kappa shape index (κ1) is 21.8. The van der Waals surface area contributed by atoms with Crippen molar-refractivity contribution in [3.8, 4) is 0 Å². The van der Waals surface area contributed by atoms with Crippen LogP contribution in [0.5, 0.6) is 0 Å². The molecule has 3 aliphatic rings. The van der Waals surface area contributed by atoms with Crippen molar-refractivity contribution in [2.75, 3.05) is 0 Å². The molecule has 0 N–H and O–H groups in total. The number of Topliss-reactive ketones (excluding diaryl/α,β-unsaturated/α-hetero) is 1. The molecule has 0 heterocycles. The summed E-state index contributed by atoms with van der Waals surface area (Å²) in [4.78, 5) is 25.0. The number of carbonyl (C=O) groups is 2. The molecule has 3 rings (SSSR count). The van der Waals surface area contributed by atoms with E-state index in [2.05, 4.69) is 48.5 Å². The summed E-state index contributed by atoms with van der Waals surface area (Å²) in [6.07, 6.45) is 6.07. The highest BCUT2D eigenvalue weighted by Crippen LogP contribution is 2.62. The van der Waals surface area contributed by atoms with Gasteiger partial charge in [-0.05, 0) is 80.0 Å². The van der Waals surface area contributed by atoms with Crippen LogP contribution in [-0.2, 0) is 14.3 Å². The van der Waals surface area contributed by atoms with Crippen molar-refractivity contribution < 1.29 is 14.3 Å². The molecule has 2 bridgehead atoms. The summed E-state index contributed by atoms with van der Waals surface area (Å²) in [7, 11) is 0. The maximum absolute atomic E-state index is 13.4. The Labute approximate surface area is 172 Å². The topological polar surface area (TPSA) is 43.4 Å². The van der Waals surface area contributed by atoms with Crippen LogP contribution in [0.4, 0.5) is 0 Å².